The predicted octanol–water partition coefficient (Wildman–Crippen LogP) is 8.65. The van der Waals surface area contributed by atoms with E-state index in [1.54, 1.807) is 0 Å². The number of rotatable bonds is 0. The van der Waals surface area contributed by atoms with Crippen molar-refractivity contribution in [2.24, 2.45) is 0 Å². The minimum absolute atomic E-state index is 0.115. The molecule has 2 nitrogen and oxygen atoms in total. The van der Waals surface area contributed by atoms with Crippen LogP contribution in [-0.2, 0) is 10.8 Å². The number of nitrogens with zero attached hydrogens (tertiary/aromatic N) is 1. The fourth-order valence-corrected chi connectivity index (χ4v) is 7.64. The molecule has 2 aliphatic heterocycles. The summed E-state index contributed by atoms with van der Waals surface area (Å²) in [7, 11) is 0. The van der Waals surface area contributed by atoms with Gasteiger partial charge in [0.1, 0.15) is 0 Å². The van der Waals surface area contributed by atoms with Crippen molar-refractivity contribution in [3.05, 3.63) is 159 Å². The van der Waals surface area contributed by atoms with Crippen LogP contribution in [-0.4, -0.2) is 5.78 Å². The van der Waals surface area contributed by atoms with Crippen LogP contribution < -0.4 is 4.90 Å². The van der Waals surface area contributed by atoms with Crippen molar-refractivity contribution in [2.75, 3.05) is 4.90 Å². The zero-order valence-electron chi connectivity index (χ0n) is 22.7. The highest BCUT2D eigenvalue weighted by atomic mass is 16.1. The van der Waals surface area contributed by atoms with Crippen LogP contribution in [0.1, 0.15) is 74.3 Å². The summed E-state index contributed by atoms with van der Waals surface area (Å²) in [6.45, 7) is 8.88. The smallest absolute Gasteiger partial charge is 0.193 e. The first kappa shape index (κ1) is 22.5. The minimum atomic E-state index is -0.612. The lowest BCUT2D eigenvalue weighted by Gasteiger charge is -2.53. The van der Waals surface area contributed by atoms with Gasteiger partial charge in [0, 0.05) is 16.5 Å². The van der Waals surface area contributed by atoms with Gasteiger partial charge < -0.3 is 4.90 Å². The standard InChI is InChI=1S/C37H29NO/c1-22-17-19-26-25(20-22)35(39)24-18-16-23(2)21-31(24)37(26)28-11-6-8-15-33(28)38-32-14-7-5-10-27(32)36(3,4)29-12-9-13-30(37)34(29)38/h5-21H,1-4H3. The molecule has 1 unspecified atom stereocenters. The number of para-hydroxylation sites is 3. The molecule has 188 valence electrons. The van der Waals surface area contributed by atoms with E-state index in [1.165, 1.54) is 39.3 Å². The lowest BCUT2D eigenvalue weighted by atomic mass is 9.56. The highest BCUT2D eigenvalue weighted by Gasteiger charge is 2.54. The molecule has 0 aromatic heterocycles. The SMILES string of the molecule is Cc1ccc2c(c1)C(=O)c1ccc(C)cc1C21c2ccccc2N2c3ccccc3C(C)(C)c3cccc1c32. The number of hydrogen-bond acceptors (Lipinski definition) is 2. The molecular formula is C37H29NO. The Morgan fingerprint density at radius 3 is 1.95 bits per heavy atom. The van der Waals surface area contributed by atoms with E-state index in [9.17, 15) is 4.79 Å². The third-order valence-electron chi connectivity index (χ3n) is 9.35. The van der Waals surface area contributed by atoms with Crippen LogP contribution in [0, 0.1) is 13.8 Å². The zero-order chi connectivity index (χ0) is 26.7. The summed E-state index contributed by atoms with van der Waals surface area (Å²) in [5, 5.41) is 0. The van der Waals surface area contributed by atoms with Gasteiger partial charge in [-0.3, -0.25) is 4.79 Å². The molecule has 0 saturated carbocycles. The van der Waals surface area contributed by atoms with Crippen LogP contribution >= 0.6 is 0 Å². The molecule has 0 saturated heterocycles. The summed E-state index contributed by atoms with van der Waals surface area (Å²) in [6.07, 6.45) is 0. The van der Waals surface area contributed by atoms with Gasteiger partial charge in [0.2, 0.25) is 0 Å². The molecule has 1 spiro atoms. The van der Waals surface area contributed by atoms with E-state index in [2.05, 4.69) is 130 Å². The van der Waals surface area contributed by atoms with Crippen molar-refractivity contribution in [2.45, 2.75) is 38.5 Å². The van der Waals surface area contributed by atoms with Gasteiger partial charge >= 0.3 is 0 Å². The van der Waals surface area contributed by atoms with Crippen molar-refractivity contribution in [1.82, 2.24) is 0 Å². The average Bonchev–Trinajstić information content (AvgIpc) is 2.94. The van der Waals surface area contributed by atoms with Crippen molar-refractivity contribution < 1.29 is 4.79 Å². The normalized spacial score (nSPS) is 19.1. The van der Waals surface area contributed by atoms with Gasteiger partial charge in [-0.2, -0.15) is 0 Å². The Hall–Kier alpha value is -4.43. The van der Waals surface area contributed by atoms with Crippen LogP contribution in [0.2, 0.25) is 0 Å². The van der Waals surface area contributed by atoms with Crippen LogP contribution in [0.4, 0.5) is 17.1 Å². The lowest BCUT2D eigenvalue weighted by molar-refractivity contribution is 0.103. The second-order valence-electron chi connectivity index (χ2n) is 11.9. The topological polar surface area (TPSA) is 20.3 Å². The second-order valence-corrected chi connectivity index (χ2v) is 11.9. The third-order valence-corrected chi connectivity index (χ3v) is 9.35. The average molecular weight is 504 g/mol. The summed E-state index contributed by atoms with van der Waals surface area (Å²) < 4.78 is 0. The monoisotopic (exact) mass is 503 g/mol. The van der Waals surface area contributed by atoms with Gasteiger partial charge in [-0.05, 0) is 65.4 Å². The molecule has 0 radical (unpaired) electrons. The van der Waals surface area contributed by atoms with Gasteiger partial charge in [-0.1, -0.05) is 110 Å². The van der Waals surface area contributed by atoms with Gasteiger partial charge in [0.25, 0.3) is 0 Å². The first-order valence-corrected chi connectivity index (χ1v) is 13.7. The predicted molar refractivity (Wildman–Crippen MR) is 158 cm³/mol. The van der Waals surface area contributed by atoms with E-state index < -0.39 is 5.41 Å². The van der Waals surface area contributed by atoms with E-state index in [1.807, 2.05) is 6.07 Å². The maximum atomic E-state index is 14.1. The fourth-order valence-electron chi connectivity index (χ4n) is 7.64. The first-order chi connectivity index (χ1) is 18.8. The Morgan fingerprint density at radius 2 is 1.15 bits per heavy atom. The molecule has 2 heterocycles. The minimum Gasteiger partial charge on any atom is -0.309 e. The number of fused-ring (bicyclic) bond motifs is 10. The van der Waals surface area contributed by atoms with E-state index in [0.29, 0.717) is 0 Å². The number of carbonyl (C=O) groups is 1. The number of hydrogen-bond donors (Lipinski definition) is 0. The van der Waals surface area contributed by atoms with Crippen LogP contribution in [0.25, 0.3) is 0 Å². The van der Waals surface area contributed by atoms with E-state index >= 15 is 0 Å². The highest BCUT2D eigenvalue weighted by Crippen LogP contribution is 2.64. The zero-order valence-corrected chi connectivity index (χ0v) is 22.7. The van der Waals surface area contributed by atoms with Gasteiger partial charge in [0.05, 0.1) is 22.5 Å². The molecular weight excluding hydrogens is 474 g/mol. The van der Waals surface area contributed by atoms with E-state index in [0.717, 1.165) is 33.4 Å². The molecule has 0 N–H and O–H groups in total. The van der Waals surface area contributed by atoms with E-state index in [4.69, 9.17) is 0 Å². The lowest BCUT2D eigenvalue weighted by Crippen LogP contribution is -2.44. The molecule has 5 aromatic carbocycles. The van der Waals surface area contributed by atoms with E-state index in [-0.39, 0.29) is 11.2 Å². The molecule has 3 aliphatic rings. The van der Waals surface area contributed by atoms with Gasteiger partial charge in [-0.15, -0.1) is 0 Å². The molecule has 0 fully saturated rings. The van der Waals surface area contributed by atoms with Gasteiger partial charge in [-0.25, -0.2) is 0 Å². The Bertz CT molecular complexity index is 1890. The number of anilines is 3. The van der Waals surface area contributed by atoms with Gasteiger partial charge in [0.15, 0.2) is 5.78 Å². The maximum absolute atomic E-state index is 14.1. The van der Waals surface area contributed by atoms with Crippen molar-refractivity contribution >= 4 is 22.8 Å². The summed E-state index contributed by atoms with van der Waals surface area (Å²) in [5.74, 6) is 0.115. The second kappa shape index (κ2) is 7.36. The summed E-state index contributed by atoms with van der Waals surface area (Å²) in [6, 6.07) is 37.3. The number of ketones is 1. The Kier molecular flexibility index (Phi) is 4.25. The molecule has 0 amide bonds. The van der Waals surface area contributed by atoms with Crippen LogP contribution in [0.15, 0.2) is 103 Å². The third kappa shape index (κ3) is 2.59. The Morgan fingerprint density at radius 1 is 0.538 bits per heavy atom. The number of aryl methyl sites for hydroxylation is 2. The van der Waals surface area contributed by atoms with Crippen LogP contribution in [0.5, 0.6) is 0 Å². The molecule has 2 heteroatoms. The number of carbonyl (C=O) groups excluding carboxylic acids is 1. The summed E-state index contributed by atoms with van der Waals surface area (Å²) >= 11 is 0. The molecule has 5 aromatic rings. The Balaban J connectivity index is 1.62. The van der Waals surface area contributed by atoms with Crippen molar-refractivity contribution in [3.8, 4) is 0 Å². The maximum Gasteiger partial charge on any atom is 0.193 e. The molecule has 0 bridgehead atoms. The summed E-state index contributed by atoms with van der Waals surface area (Å²) in [4.78, 5) is 16.6. The fraction of sp³-hybridized carbons (Fsp3) is 0.162. The molecule has 39 heavy (non-hydrogen) atoms. The Labute approximate surface area is 229 Å². The summed E-state index contributed by atoms with van der Waals surface area (Å²) in [5.41, 5.74) is 14.0. The van der Waals surface area contributed by atoms with Crippen molar-refractivity contribution in [3.63, 3.8) is 0 Å². The molecule has 8 rings (SSSR count). The van der Waals surface area contributed by atoms with Crippen molar-refractivity contribution in [1.29, 1.82) is 0 Å². The molecule has 1 aliphatic carbocycles. The highest BCUT2D eigenvalue weighted by molar-refractivity contribution is 6.15. The number of benzene rings is 5. The largest absolute Gasteiger partial charge is 0.309 e. The van der Waals surface area contributed by atoms with Crippen LogP contribution in [0.3, 0.4) is 0 Å². The first-order valence-electron chi connectivity index (χ1n) is 13.7. The quantitative estimate of drug-likeness (QED) is 0.206. The molecule has 1 atom stereocenters.